The highest BCUT2D eigenvalue weighted by Gasteiger charge is 2.43. The molecular formula is C24H35FN4O4. The van der Waals surface area contributed by atoms with Gasteiger partial charge in [-0.05, 0) is 37.0 Å². The minimum atomic E-state index is -0.490. The van der Waals surface area contributed by atoms with E-state index < -0.39 is 6.04 Å². The number of nitrogens with zero attached hydrogens (tertiary/aromatic N) is 3. The molecule has 1 N–H and O–H groups in total. The van der Waals surface area contributed by atoms with Gasteiger partial charge in [0.05, 0.1) is 6.10 Å². The van der Waals surface area contributed by atoms with Crippen molar-refractivity contribution in [2.75, 3.05) is 59.6 Å². The number of rotatable bonds is 8. The van der Waals surface area contributed by atoms with Crippen molar-refractivity contribution in [3.8, 4) is 0 Å². The second-order valence-corrected chi connectivity index (χ2v) is 9.15. The van der Waals surface area contributed by atoms with Crippen LogP contribution in [0.4, 0.5) is 4.39 Å². The lowest BCUT2D eigenvalue weighted by atomic mass is 10.1. The Labute approximate surface area is 195 Å². The second kappa shape index (κ2) is 11.4. The first kappa shape index (κ1) is 24.1. The Morgan fingerprint density at radius 1 is 1.24 bits per heavy atom. The fourth-order valence-electron chi connectivity index (χ4n) is 5.11. The summed E-state index contributed by atoms with van der Waals surface area (Å²) in [6, 6.07) is 6.06. The van der Waals surface area contributed by atoms with Crippen molar-refractivity contribution in [3.05, 3.63) is 35.6 Å². The van der Waals surface area contributed by atoms with Crippen molar-refractivity contribution in [2.24, 2.45) is 0 Å². The van der Waals surface area contributed by atoms with Gasteiger partial charge in [-0.25, -0.2) is 4.39 Å². The molecule has 0 bridgehead atoms. The Kier molecular flexibility index (Phi) is 8.29. The van der Waals surface area contributed by atoms with E-state index in [0.29, 0.717) is 32.6 Å². The number of amides is 2. The van der Waals surface area contributed by atoms with Gasteiger partial charge in [0.2, 0.25) is 11.8 Å². The van der Waals surface area contributed by atoms with Crippen LogP contribution in [0.5, 0.6) is 0 Å². The molecule has 182 valence electrons. The summed E-state index contributed by atoms with van der Waals surface area (Å²) >= 11 is 0. The van der Waals surface area contributed by atoms with Gasteiger partial charge in [-0.3, -0.25) is 14.5 Å². The number of hydrogen-bond donors (Lipinski definition) is 1. The molecule has 0 radical (unpaired) electrons. The molecule has 33 heavy (non-hydrogen) atoms. The zero-order valence-corrected chi connectivity index (χ0v) is 19.4. The molecule has 3 aliphatic rings. The van der Waals surface area contributed by atoms with Crippen LogP contribution in [0.1, 0.15) is 24.8 Å². The minimum absolute atomic E-state index is 0.0110. The molecule has 0 aromatic heterocycles. The van der Waals surface area contributed by atoms with Crippen LogP contribution in [0.25, 0.3) is 0 Å². The van der Waals surface area contributed by atoms with Crippen LogP contribution in [0.3, 0.4) is 0 Å². The van der Waals surface area contributed by atoms with E-state index in [1.54, 1.807) is 17.0 Å². The topological polar surface area (TPSA) is 74.4 Å². The largest absolute Gasteiger partial charge is 0.377 e. The van der Waals surface area contributed by atoms with Gasteiger partial charge in [-0.15, -0.1) is 0 Å². The molecule has 3 heterocycles. The summed E-state index contributed by atoms with van der Waals surface area (Å²) in [6.45, 7) is 5.38. The van der Waals surface area contributed by atoms with Crippen molar-refractivity contribution >= 4 is 11.8 Å². The Hall–Kier alpha value is -2.07. The minimum Gasteiger partial charge on any atom is -0.377 e. The van der Waals surface area contributed by atoms with E-state index in [0.717, 1.165) is 44.6 Å². The van der Waals surface area contributed by atoms with Crippen molar-refractivity contribution in [2.45, 2.75) is 44.0 Å². The first-order valence-electron chi connectivity index (χ1n) is 11.9. The zero-order chi connectivity index (χ0) is 23.2. The molecular weight excluding hydrogens is 427 g/mol. The summed E-state index contributed by atoms with van der Waals surface area (Å²) in [5, 5.41) is 3.27. The Bertz CT molecular complexity index is 796. The zero-order valence-electron chi connectivity index (χ0n) is 19.4. The molecule has 2 amide bonds. The van der Waals surface area contributed by atoms with Crippen LogP contribution < -0.4 is 5.32 Å². The van der Waals surface area contributed by atoms with Gasteiger partial charge in [-0.1, -0.05) is 12.1 Å². The van der Waals surface area contributed by atoms with Gasteiger partial charge in [0.1, 0.15) is 18.5 Å². The lowest BCUT2D eigenvalue weighted by Crippen LogP contribution is -2.53. The number of likely N-dealkylation sites (tertiary alicyclic amines) is 1. The molecule has 8 nitrogen and oxygen atoms in total. The number of carbonyl (C=O) groups excluding carboxylic acids is 2. The lowest BCUT2D eigenvalue weighted by Gasteiger charge is -2.32. The van der Waals surface area contributed by atoms with E-state index in [-0.39, 0.29) is 36.4 Å². The molecule has 3 fully saturated rings. The summed E-state index contributed by atoms with van der Waals surface area (Å²) in [5.41, 5.74) is 1.00. The quantitative estimate of drug-likeness (QED) is 0.618. The molecule has 0 spiro atoms. The van der Waals surface area contributed by atoms with Gasteiger partial charge < -0.3 is 24.6 Å². The third-order valence-electron chi connectivity index (χ3n) is 6.86. The monoisotopic (exact) mass is 462 g/mol. The van der Waals surface area contributed by atoms with Crippen LogP contribution in [0.15, 0.2) is 24.3 Å². The van der Waals surface area contributed by atoms with Gasteiger partial charge in [0, 0.05) is 65.6 Å². The van der Waals surface area contributed by atoms with E-state index in [1.807, 2.05) is 4.90 Å². The number of nitrogens with one attached hydrogen (secondary N) is 1. The predicted octanol–water partition coefficient (Wildman–Crippen LogP) is 0.854. The highest BCUT2D eigenvalue weighted by molar-refractivity contribution is 5.89. The fraction of sp³-hybridized carbons (Fsp3) is 0.667. The van der Waals surface area contributed by atoms with Crippen LogP contribution in [-0.4, -0.2) is 104 Å². The maximum atomic E-state index is 13.4. The van der Waals surface area contributed by atoms with Crippen LogP contribution in [0.2, 0.25) is 0 Å². The molecule has 4 rings (SSSR count). The summed E-state index contributed by atoms with van der Waals surface area (Å²) in [4.78, 5) is 32.2. The summed E-state index contributed by atoms with van der Waals surface area (Å²) < 4.78 is 24.4. The lowest BCUT2D eigenvalue weighted by molar-refractivity contribution is -0.146. The molecule has 3 unspecified atom stereocenters. The predicted molar refractivity (Wildman–Crippen MR) is 121 cm³/mol. The maximum Gasteiger partial charge on any atom is 0.249 e. The van der Waals surface area contributed by atoms with Crippen LogP contribution in [-0.2, 0) is 25.6 Å². The average Bonchev–Trinajstić information content (AvgIpc) is 3.50. The smallest absolute Gasteiger partial charge is 0.249 e. The number of halogens is 1. The van der Waals surface area contributed by atoms with E-state index in [9.17, 15) is 14.0 Å². The molecule has 3 atom stereocenters. The molecule has 1 aromatic carbocycles. The first-order chi connectivity index (χ1) is 16.0. The molecule has 3 aliphatic heterocycles. The SMILES string of the molecule is COCC(=O)N1CC(N(Cc2ccc(F)cc2)CC2CCCO2)CC1C(=O)N1CCNCC1. The summed E-state index contributed by atoms with van der Waals surface area (Å²) in [6.07, 6.45) is 2.76. The van der Waals surface area contributed by atoms with E-state index >= 15 is 0 Å². The Morgan fingerprint density at radius 2 is 2.00 bits per heavy atom. The number of benzene rings is 1. The number of hydrogen-bond acceptors (Lipinski definition) is 6. The molecule has 9 heteroatoms. The van der Waals surface area contributed by atoms with Gasteiger partial charge in [0.25, 0.3) is 0 Å². The van der Waals surface area contributed by atoms with Gasteiger partial charge in [-0.2, -0.15) is 0 Å². The van der Waals surface area contributed by atoms with E-state index in [2.05, 4.69) is 10.2 Å². The molecule has 1 aromatic rings. The average molecular weight is 463 g/mol. The van der Waals surface area contributed by atoms with Crippen LogP contribution in [0, 0.1) is 5.82 Å². The molecule has 3 saturated heterocycles. The summed E-state index contributed by atoms with van der Waals surface area (Å²) in [5.74, 6) is -0.405. The van der Waals surface area contributed by atoms with Crippen molar-refractivity contribution < 1.29 is 23.5 Å². The van der Waals surface area contributed by atoms with E-state index in [1.165, 1.54) is 19.2 Å². The van der Waals surface area contributed by atoms with Crippen molar-refractivity contribution in [3.63, 3.8) is 0 Å². The standard InChI is InChI=1S/C24H35FN4O4/c1-32-17-23(30)29-15-20(13-22(29)24(31)27-10-8-26-9-11-27)28(16-21-3-2-12-33-21)14-18-4-6-19(25)7-5-18/h4-7,20-22,26H,2-3,8-17H2,1H3. The number of ether oxygens (including phenoxy) is 2. The maximum absolute atomic E-state index is 13.4. The van der Waals surface area contributed by atoms with Crippen molar-refractivity contribution in [1.82, 2.24) is 20.0 Å². The third kappa shape index (κ3) is 6.09. The highest BCUT2D eigenvalue weighted by atomic mass is 19.1. The third-order valence-corrected chi connectivity index (χ3v) is 6.86. The Morgan fingerprint density at radius 3 is 2.67 bits per heavy atom. The number of piperazine rings is 1. The second-order valence-electron chi connectivity index (χ2n) is 9.15. The van der Waals surface area contributed by atoms with Gasteiger partial charge in [0.15, 0.2) is 0 Å². The van der Waals surface area contributed by atoms with Gasteiger partial charge >= 0.3 is 0 Å². The normalized spacial score (nSPS) is 25.7. The first-order valence-corrected chi connectivity index (χ1v) is 11.9. The molecule has 0 saturated carbocycles. The molecule has 0 aliphatic carbocycles. The fourth-order valence-corrected chi connectivity index (χ4v) is 5.11. The van der Waals surface area contributed by atoms with E-state index in [4.69, 9.17) is 9.47 Å². The number of methoxy groups -OCH3 is 1. The van der Waals surface area contributed by atoms with Crippen molar-refractivity contribution in [1.29, 1.82) is 0 Å². The summed E-state index contributed by atoms with van der Waals surface area (Å²) in [7, 11) is 1.50. The highest BCUT2D eigenvalue weighted by Crippen LogP contribution is 2.27. The number of carbonyl (C=O) groups is 2. The Balaban J connectivity index is 1.53. The van der Waals surface area contributed by atoms with Crippen LogP contribution >= 0.6 is 0 Å².